The minimum atomic E-state index is -3.39. The first kappa shape index (κ1) is 19.7. The van der Waals surface area contributed by atoms with Crippen LogP contribution in [0.3, 0.4) is 0 Å². The summed E-state index contributed by atoms with van der Waals surface area (Å²) in [6.07, 6.45) is 2.75. The summed E-state index contributed by atoms with van der Waals surface area (Å²) in [6.45, 7) is 4.60. The van der Waals surface area contributed by atoms with E-state index < -0.39 is 10.0 Å². The SMILES string of the molecule is CCCCN(CC(=O)N1CCN(c2ccc(F)cc2)CC1)S(C)(=O)=O. The quantitative estimate of drug-likeness (QED) is 0.729. The van der Waals surface area contributed by atoms with Gasteiger partial charge in [0.15, 0.2) is 0 Å². The third-order valence-corrected chi connectivity index (χ3v) is 5.62. The molecule has 0 spiro atoms. The smallest absolute Gasteiger partial charge is 0.238 e. The van der Waals surface area contributed by atoms with Crippen LogP contribution in [0.2, 0.25) is 0 Å². The van der Waals surface area contributed by atoms with E-state index in [1.807, 2.05) is 6.92 Å². The van der Waals surface area contributed by atoms with Crippen molar-refractivity contribution in [1.82, 2.24) is 9.21 Å². The number of carbonyl (C=O) groups is 1. The van der Waals surface area contributed by atoms with Gasteiger partial charge in [-0.3, -0.25) is 4.79 Å². The zero-order chi connectivity index (χ0) is 18.4. The number of carbonyl (C=O) groups excluding carboxylic acids is 1. The van der Waals surface area contributed by atoms with Gasteiger partial charge in [-0.2, -0.15) is 4.31 Å². The first-order chi connectivity index (χ1) is 11.8. The van der Waals surface area contributed by atoms with Crippen molar-refractivity contribution < 1.29 is 17.6 Å². The number of benzene rings is 1. The molecule has 140 valence electrons. The lowest BCUT2D eigenvalue weighted by atomic mass is 10.2. The van der Waals surface area contributed by atoms with Gasteiger partial charge in [-0.15, -0.1) is 0 Å². The second-order valence-corrected chi connectivity index (χ2v) is 8.28. The van der Waals surface area contributed by atoms with Crippen molar-refractivity contribution in [2.75, 3.05) is 50.4 Å². The third kappa shape index (κ3) is 5.67. The highest BCUT2D eigenvalue weighted by Gasteiger charge is 2.26. The molecule has 0 aromatic heterocycles. The summed E-state index contributed by atoms with van der Waals surface area (Å²) in [5, 5.41) is 0. The van der Waals surface area contributed by atoms with Crippen molar-refractivity contribution in [2.24, 2.45) is 0 Å². The lowest BCUT2D eigenvalue weighted by Crippen LogP contribution is -2.51. The first-order valence-electron chi connectivity index (χ1n) is 8.54. The zero-order valence-corrected chi connectivity index (χ0v) is 15.6. The fourth-order valence-corrected chi connectivity index (χ4v) is 3.62. The Kier molecular flexibility index (Phi) is 6.78. The summed E-state index contributed by atoms with van der Waals surface area (Å²) in [5.41, 5.74) is 0.925. The van der Waals surface area contributed by atoms with Crippen molar-refractivity contribution in [3.8, 4) is 0 Å². The molecular weight excluding hydrogens is 345 g/mol. The van der Waals surface area contributed by atoms with Gasteiger partial charge < -0.3 is 9.80 Å². The molecule has 2 rings (SSSR count). The number of amides is 1. The van der Waals surface area contributed by atoms with Gasteiger partial charge in [0.05, 0.1) is 12.8 Å². The molecule has 6 nitrogen and oxygen atoms in total. The minimum absolute atomic E-state index is 0.102. The molecule has 1 aromatic rings. The Balaban J connectivity index is 1.90. The molecule has 1 fully saturated rings. The van der Waals surface area contributed by atoms with Crippen LogP contribution < -0.4 is 4.90 Å². The highest BCUT2D eigenvalue weighted by Crippen LogP contribution is 2.17. The Morgan fingerprint density at radius 1 is 1.16 bits per heavy atom. The molecular formula is C17H26FN3O3S. The first-order valence-corrected chi connectivity index (χ1v) is 10.4. The summed E-state index contributed by atoms with van der Waals surface area (Å²) < 4.78 is 37.9. The second-order valence-electron chi connectivity index (χ2n) is 6.29. The summed E-state index contributed by atoms with van der Waals surface area (Å²) in [4.78, 5) is 16.2. The van der Waals surface area contributed by atoms with Gasteiger partial charge in [0, 0.05) is 38.4 Å². The minimum Gasteiger partial charge on any atom is -0.368 e. The fourth-order valence-electron chi connectivity index (χ4n) is 2.81. The number of nitrogens with zero attached hydrogens (tertiary/aromatic N) is 3. The van der Waals surface area contributed by atoms with Crippen LogP contribution in [0.15, 0.2) is 24.3 Å². The molecule has 1 saturated heterocycles. The number of piperazine rings is 1. The number of halogens is 1. The van der Waals surface area contributed by atoms with Crippen LogP contribution in [0, 0.1) is 5.82 Å². The highest BCUT2D eigenvalue weighted by atomic mass is 32.2. The largest absolute Gasteiger partial charge is 0.368 e. The summed E-state index contributed by atoms with van der Waals surface area (Å²) in [5.74, 6) is -0.439. The second kappa shape index (κ2) is 8.62. The van der Waals surface area contributed by atoms with Crippen molar-refractivity contribution >= 4 is 21.6 Å². The molecule has 1 heterocycles. The van der Waals surface area contributed by atoms with Crippen LogP contribution in [-0.2, 0) is 14.8 Å². The van der Waals surface area contributed by atoms with Crippen molar-refractivity contribution in [3.05, 3.63) is 30.1 Å². The topological polar surface area (TPSA) is 60.9 Å². The Morgan fingerprint density at radius 3 is 2.28 bits per heavy atom. The van der Waals surface area contributed by atoms with E-state index in [0.29, 0.717) is 32.7 Å². The predicted molar refractivity (Wildman–Crippen MR) is 96.5 cm³/mol. The van der Waals surface area contributed by atoms with Crippen LogP contribution in [0.1, 0.15) is 19.8 Å². The van der Waals surface area contributed by atoms with Crippen molar-refractivity contribution in [3.63, 3.8) is 0 Å². The molecule has 1 aliphatic heterocycles. The number of anilines is 1. The lowest BCUT2D eigenvalue weighted by molar-refractivity contribution is -0.131. The Morgan fingerprint density at radius 2 is 1.76 bits per heavy atom. The van der Waals surface area contributed by atoms with Crippen molar-refractivity contribution in [2.45, 2.75) is 19.8 Å². The fraction of sp³-hybridized carbons (Fsp3) is 0.588. The molecule has 0 radical (unpaired) electrons. The van der Waals surface area contributed by atoms with Gasteiger partial charge in [0.25, 0.3) is 0 Å². The Hall–Kier alpha value is -1.67. The van der Waals surface area contributed by atoms with E-state index in [4.69, 9.17) is 0 Å². The Labute approximate surface area is 149 Å². The number of hydrogen-bond acceptors (Lipinski definition) is 4. The maximum Gasteiger partial charge on any atom is 0.238 e. The molecule has 0 bridgehead atoms. The Bertz CT molecular complexity index is 671. The van der Waals surface area contributed by atoms with E-state index >= 15 is 0 Å². The molecule has 0 atom stereocenters. The number of hydrogen-bond donors (Lipinski definition) is 0. The molecule has 0 saturated carbocycles. The van der Waals surface area contributed by atoms with E-state index in [-0.39, 0.29) is 18.3 Å². The number of rotatable bonds is 7. The molecule has 1 aromatic carbocycles. The molecule has 1 aliphatic rings. The van der Waals surface area contributed by atoms with Gasteiger partial charge in [0.1, 0.15) is 5.82 Å². The average molecular weight is 371 g/mol. The summed E-state index contributed by atoms with van der Waals surface area (Å²) in [6, 6.07) is 6.29. The van der Waals surface area contributed by atoms with E-state index in [1.165, 1.54) is 16.4 Å². The maximum absolute atomic E-state index is 13.0. The molecule has 25 heavy (non-hydrogen) atoms. The van der Waals surface area contributed by atoms with Gasteiger partial charge in [0.2, 0.25) is 15.9 Å². The van der Waals surface area contributed by atoms with Crippen LogP contribution in [0.25, 0.3) is 0 Å². The molecule has 0 aliphatic carbocycles. The standard InChI is InChI=1S/C17H26FN3O3S/c1-3-4-9-21(25(2,23)24)14-17(22)20-12-10-19(11-13-20)16-7-5-15(18)6-8-16/h5-8H,3-4,9-14H2,1-2H3. The van der Waals surface area contributed by atoms with E-state index in [2.05, 4.69) is 4.90 Å². The number of sulfonamides is 1. The van der Waals surface area contributed by atoms with Crippen molar-refractivity contribution in [1.29, 1.82) is 0 Å². The average Bonchev–Trinajstić information content (AvgIpc) is 2.58. The molecule has 0 N–H and O–H groups in total. The van der Waals surface area contributed by atoms with E-state index in [0.717, 1.165) is 24.8 Å². The predicted octanol–water partition coefficient (Wildman–Crippen LogP) is 1.54. The summed E-state index contributed by atoms with van der Waals surface area (Å²) in [7, 11) is -3.39. The molecule has 1 amide bonds. The lowest BCUT2D eigenvalue weighted by Gasteiger charge is -2.36. The van der Waals surface area contributed by atoms with Gasteiger partial charge in [-0.05, 0) is 30.7 Å². The normalized spacial score (nSPS) is 15.7. The summed E-state index contributed by atoms with van der Waals surface area (Å²) >= 11 is 0. The highest BCUT2D eigenvalue weighted by molar-refractivity contribution is 7.88. The van der Waals surface area contributed by atoms with E-state index in [1.54, 1.807) is 17.0 Å². The van der Waals surface area contributed by atoms with Gasteiger partial charge in [-0.25, -0.2) is 12.8 Å². The van der Waals surface area contributed by atoms with Crippen LogP contribution in [0.5, 0.6) is 0 Å². The van der Waals surface area contributed by atoms with Gasteiger partial charge >= 0.3 is 0 Å². The monoisotopic (exact) mass is 371 g/mol. The van der Waals surface area contributed by atoms with Crippen LogP contribution >= 0.6 is 0 Å². The number of unbranched alkanes of at least 4 members (excludes halogenated alkanes) is 1. The molecule has 0 unspecified atom stereocenters. The van der Waals surface area contributed by atoms with Gasteiger partial charge in [-0.1, -0.05) is 13.3 Å². The van der Waals surface area contributed by atoms with E-state index in [9.17, 15) is 17.6 Å². The molecule has 8 heteroatoms. The zero-order valence-electron chi connectivity index (χ0n) is 14.8. The van der Waals surface area contributed by atoms with Crippen LogP contribution in [-0.4, -0.2) is 69.1 Å². The maximum atomic E-state index is 13.0. The third-order valence-electron chi connectivity index (χ3n) is 4.37. The van der Waals surface area contributed by atoms with Crippen LogP contribution in [0.4, 0.5) is 10.1 Å².